The molecule has 1 aliphatic heterocycles. The number of imide groups is 1. The van der Waals surface area contributed by atoms with E-state index in [1.165, 1.54) is 18.2 Å². The van der Waals surface area contributed by atoms with Gasteiger partial charge in [-0.05, 0) is 29.7 Å². The topological polar surface area (TPSA) is 101 Å². The molecule has 0 spiro atoms. The zero-order chi connectivity index (χ0) is 22.1. The van der Waals surface area contributed by atoms with Crippen molar-refractivity contribution >= 4 is 32.7 Å². The second-order valence-electron chi connectivity index (χ2n) is 5.93. The Balaban J connectivity index is 0.000000173. The summed E-state index contributed by atoms with van der Waals surface area (Å²) in [5.41, 5.74) is 0.713. The number of benzene rings is 3. The largest absolute Gasteiger partial charge is 0.537 e. The standard InChI is InChI=1S/C12H7NO3.C7H5F3O3S/c14-11-8-5-1-3-7-4-2-6-9(10(7)8)12(15)13(11)16;8-7(9,10)13-14(11,12)6-4-2-1-3-5-6/h1-6,16H;1-5H. The lowest BCUT2D eigenvalue weighted by Crippen LogP contribution is -2.37. The Labute approximate surface area is 168 Å². The maximum atomic E-state index is 11.7. The Kier molecular flexibility index (Phi) is 5.61. The van der Waals surface area contributed by atoms with Crippen molar-refractivity contribution < 1.29 is 40.6 Å². The molecular formula is C19H12F3NO6S. The quantitative estimate of drug-likeness (QED) is 0.371. The van der Waals surface area contributed by atoms with E-state index in [1.54, 1.807) is 24.3 Å². The van der Waals surface area contributed by atoms with Gasteiger partial charge in [0, 0.05) is 5.39 Å². The number of alkyl halides is 3. The molecule has 0 aromatic heterocycles. The smallest absolute Gasteiger partial charge is 0.278 e. The Bertz CT molecular complexity index is 1180. The molecular weight excluding hydrogens is 427 g/mol. The molecule has 11 heteroatoms. The van der Waals surface area contributed by atoms with Crippen LogP contribution in [0.3, 0.4) is 0 Å². The summed E-state index contributed by atoms with van der Waals surface area (Å²) in [4.78, 5) is 22.8. The van der Waals surface area contributed by atoms with Crippen molar-refractivity contribution in [3.05, 3.63) is 77.9 Å². The molecule has 0 atom stereocenters. The van der Waals surface area contributed by atoms with Crippen LogP contribution in [0.4, 0.5) is 13.2 Å². The summed E-state index contributed by atoms with van der Waals surface area (Å²) < 4.78 is 59.7. The highest BCUT2D eigenvalue weighted by atomic mass is 32.2. The van der Waals surface area contributed by atoms with E-state index in [9.17, 15) is 36.4 Å². The summed E-state index contributed by atoms with van der Waals surface area (Å²) in [5, 5.41) is 11.0. The Morgan fingerprint density at radius 1 is 0.800 bits per heavy atom. The molecule has 0 radical (unpaired) electrons. The fraction of sp³-hybridized carbons (Fsp3) is 0.0526. The van der Waals surface area contributed by atoms with E-state index in [2.05, 4.69) is 4.18 Å². The molecule has 7 nitrogen and oxygen atoms in total. The normalized spacial score (nSPS) is 13.8. The number of hydrogen-bond donors (Lipinski definition) is 1. The van der Waals surface area contributed by atoms with E-state index in [0.717, 1.165) is 17.5 Å². The lowest BCUT2D eigenvalue weighted by molar-refractivity contribution is -0.271. The number of rotatable bonds is 2. The first kappa shape index (κ1) is 21.4. The van der Waals surface area contributed by atoms with E-state index in [1.807, 2.05) is 12.1 Å². The van der Waals surface area contributed by atoms with Crippen molar-refractivity contribution in [2.75, 3.05) is 0 Å². The molecule has 0 fully saturated rings. The first-order valence-corrected chi connectivity index (χ1v) is 9.59. The second kappa shape index (κ2) is 7.86. The third kappa shape index (κ3) is 4.32. The van der Waals surface area contributed by atoms with Gasteiger partial charge in [-0.3, -0.25) is 14.8 Å². The Hall–Kier alpha value is -3.28. The molecule has 3 aromatic carbocycles. The average Bonchev–Trinajstić information content (AvgIpc) is 2.70. The van der Waals surface area contributed by atoms with Crippen molar-refractivity contribution in [1.82, 2.24) is 5.06 Å². The minimum atomic E-state index is -5.20. The van der Waals surface area contributed by atoms with Crippen LogP contribution < -0.4 is 0 Å². The molecule has 4 rings (SSSR count). The van der Waals surface area contributed by atoms with Crippen molar-refractivity contribution in [2.45, 2.75) is 11.3 Å². The highest BCUT2D eigenvalue weighted by molar-refractivity contribution is 7.86. The van der Waals surface area contributed by atoms with Gasteiger partial charge in [0.25, 0.3) is 11.8 Å². The average molecular weight is 439 g/mol. The van der Waals surface area contributed by atoms with Crippen molar-refractivity contribution in [3.8, 4) is 0 Å². The number of carbonyl (C=O) groups is 2. The summed E-state index contributed by atoms with van der Waals surface area (Å²) in [6.07, 6.45) is -5.20. The molecule has 0 aliphatic carbocycles. The van der Waals surface area contributed by atoms with Gasteiger partial charge in [-0.1, -0.05) is 42.5 Å². The maximum Gasteiger partial charge on any atom is 0.537 e. The zero-order valence-corrected chi connectivity index (χ0v) is 15.6. The van der Waals surface area contributed by atoms with Gasteiger partial charge < -0.3 is 0 Å². The number of amides is 2. The van der Waals surface area contributed by atoms with Crippen LogP contribution in [0.5, 0.6) is 0 Å². The summed E-state index contributed by atoms with van der Waals surface area (Å²) in [6.45, 7) is 0. The number of hydrogen-bond acceptors (Lipinski definition) is 6. The zero-order valence-electron chi connectivity index (χ0n) is 14.8. The molecule has 1 aliphatic rings. The summed E-state index contributed by atoms with van der Waals surface area (Å²) in [7, 11) is -4.74. The van der Waals surface area contributed by atoms with Crippen LogP contribution in [0, 0.1) is 0 Å². The summed E-state index contributed by atoms with van der Waals surface area (Å²) in [5.74, 6) is -1.34. The minimum Gasteiger partial charge on any atom is -0.278 e. The molecule has 1 heterocycles. The molecule has 1 N–H and O–H groups in total. The molecule has 156 valence electrons. The van der Waals surface area contributed by atoms with Crippen molar-refractivity contribution in [2.24, 2.45) is 0 Å². The molecule has 0 unspecified atom stereocenters. The highest BCUT2D eigenvalue weighted by Gasteiger charge is 2.37. The molecule has 3 aromatic rings. The van der Waals surface area contributed by atoms with E-state index >= 15 is 0 Å². The summed E-state index contributed by atoms with van der Waals surface area (Å²) >= 11 is 0. The predicted octanol–water partition coefficient (Wildman–Crippen LogP) is 3.74. The van der Waals surface area contributed by atoms with Crippen molar-refractivity contribution in [3.63, 3.8) is 0 Å². The van der Waals surface area contributed by atoms with E-state index in [-0.39, 0.29) is 5.06 Å². The fourth-order valence-electron chi connectivity index (χ4n) is 2.78. The van der Waals surface area contributed by atoms with E-state index in [0.29, 0.717) is 16.5 Å². The number of hydroxylamine groups is 2. The lowest BCUT2D eigenvalue weighted by atomic mass is 9.95. The minimum absolute atomic E-state index is 0.164. The van der Waals surface area contributed by atoms with Gasteiger partial charge in [-0.2, -0.15) is 12.6 Å². The SMILES string of the molecule is O=C1c2cccc3cccc(c23)C(=O)N1O.O=S(=O)(OC(F)(F)F)c1ccccc1. The van der Waals surface area contributed by atoms with Gasteiger partial charge in [-0.25, -0.2) is 0 Å². The van der Waals surface area contributed by atoms with Gasteiger partial charge in [-0.15, -0.1) is 18.2 Å². The third-order valence-corrected chi connectivity index (χ3v) is 5.24. The van der Waals surface area contributed by atoms with Gasteiger partial charge in [0.05, 0.1) is 16.0 Å². The van der Waals surface area contributed by atoms with Crippen LogP contribution in [0.25, 0.3) is 10.8 Å². The first-order valence-electron chi connectivity index (χ1n) is 8.18. The Morgan fingerprint density at radius 3 is 1.77 bits per heavy atom. The number of carbonyl (C=O) groups excluding carboxylic acids is 2. The van der Waals surface area contributed by atoms with Gasteiger partial charge >= 0.3 is 16.5 Å². The van der Waals surface area contributed by atoms with Crippen LogP contribution >= 0.6 is 0 Å². The number of halogens is 3. The fourth-order valence-corrected chi connectivity index (χ4v) is 3.61. The highest BCUT2D eigenvalue weighted by Crippen LogP contribution is 2.29. The molecule has 0 bridgehead atoms. The lowest BCUT2D eigenvalue weighted by Gasteiger charge is -2.21. The van der Waals surface area contributed by atoms with Gasteiger partial charge in [0.1, 0.15) is 0 Å². The van der Waals surface area contributed by atoms with Gasteiger partial charge in [0.2, 0.25) is 0 Å². The molecule has 2 amide bonds. The molecule has 30 heavy (non-hydrogen) atoms. The monoisotopic (exact) mass is 439 g/mol. The molecule has 0 saturated carbocycles. The van der Waals surface area contributed by atoms with E-state index in [4.69, 9.17) is 0 Å². The third-order valence-electron chi connectivity index (χ3n) is 3.99. The van der Waals surface area contributed by atoms with Crippen LogP contribution in [0.1, 0.15) is 20.7 Å². The maximum absolute atomic E-state index is 11.7. The second-order valence-corrected chi connectivity index (χ2v) is 7.47. The van der Waals surface area contributed by atoms with Crippen LogP contribution in [0.15, 0.2) is 71.6 Å². The predicted molar refractivity (Wildman–Crippen MR) is 97.0 cm³/mol. The Morgan fingerprint density at radius 2 is 1.30 bits per heavy atom. The first-order chi connectivity index (χ1) is 14.0. The van der Waals surface area contributed by atoms with Crippen LogP contribution in [0.2, 0.25) is 0 Å². The summed E-state index contributed by atoms with van der Waals surface area (Å²) in [6, 6.07) is 16.4. The van der Waals surface area contributed by atoms with Crippen LogP contribution in [-0.4, -0.2) is 36.9 Å². The van der Waals surface area contributed by atoms with Crippen LogP contribution in [-0.2, 0) is 14.3 Å². The number of nitrogens with zero attached hydrogens (tertiary/aromatic N) is 1. The van der Waals surface area contributed by atoms with Crippen molar-refractivity contribution in [1.29, 1.82) is 0 Å². The van der Waals surface area contributed by atoms with Gasteiger partial charge in [0.15, 0.2) is 0 Å². The van der Waals surface area contributed by atoms with E-state index < -0.39 is 33.2 Å². The molecule has 0 saturated heterocycles.